The molecule has 2 aliphatic rings. The highest BCUT2D eigenvalue weighted by atomic mass is 35.5. The molecule has 21 heavy (non-hydrogen) atoms. The lowest BCUT2D eigenvalue weighted by molar-refractivity contribution is -0.111. The molecule has 1 saturated carbocycles. The van der Waals surface area contributed by atoms with Crippen LogP contribution in [0.5, 0.6) is 0 Å². The fraction of sp³-hybridized carbons (Fsp3) is 0.588. The highest BCUT2D eigenvalue weighted by molar-refractivity contribution is 6.36. The molecular weight excluding hydrogens is 307 g/mol. The van der Waals surface area contributed by atoms with Gasteiger partial charge in [0, 0.05) is 23.1 Å². The maximum atomic E-state index is 12.8. The second-order valence-electron chi connectivity index (χ2n) is 6.27. The van der Waals surface area contributed by atoms with Gasteiger partial charge >= 0.3 is 0 Å². The summed E-state index contributed by atoms with van der Waals surface area (Å²) in [4.78, 5) is 12.8. The fourth-order valence-electron chi connectivity index (χ4n) is 3.70. The van der Waals surface area contributed by atoms with E-state index in [0.717, 1.165) is 25.7 Å². The van der Waals surface area contributed by atoms with Crippen molar-refractivity contribution in [2.45, 2.75) is 50.5 Å². The lowest BCUT2D eigenvalue weighted by atomic mass is 9.74. The summed E-state index contributed by atoms with van der Waals surface area (Å²) < 4.78 is 6.07. The van der Waals surface area contributed by atoms with Gasteiger partial charge in [-0.1, -0.05) is 42.5 Å². The average molecular weight is 327 g/mol. The summed E-state index contributed by atoms with van der Waals surface area (Å²) in [6.07, 6.45) is 7.47. The molecule has 3 rings (SSSR count). The molecule has 2 nitrogen and oxygen atoms in total. The van der Waals surface area contributed by atoms with Crippen molar-refractivity contribution < 1.29 is 9.53 Å². The van der Waals surface area contributed by atoms with Gasteiger partial charge in [-0.25, -0.2) is 0 Å². The van der Waals surface area contributed by atoms with Crippen LogP contribution in [-0.2, 0) is 4.74 Å². The second kappa shape index (κ2) is 6.28. The molecule has 1 aliphatic carbocycles. The van der Waals surface area contributed by atoms with E-state index in [1.807, 2.05) is 0 Å². The third-order valence-corrected chi connectivity index (χ3v) is 5.39. The monoisotopic (exact) mass is 326 g/mol. The number of Topliss-reactive ketones (excluding diaryl/α,β-unsaturated/α-hetero) is 1. The maximum absolute atomic E-state index is 12.8. The van der Waals surface area contributed by atoms with E-state index in [2.05, 4.69) is 0 Å². The van der Waals surface area contributed by atoms with Crippen molar-refractivity contribution in [1.29, 1.82) is 0 Å². The van der Waals surface area contributed by atoms with Crippen LogP contribution in [0.15, 0.2) is 18.2 Å². The molecule has 1 spiro atoms. The van der Waals surface area contributed by atoms with Crippen LogP contribution in [0.1, 0.15) is 55.3 Å². The van der Waals surface area contributed by atoms with Gasteiger partial charge in [-0.05, 0) is 43.9 Å². The first-order chi connectivity index (χ1) is 10.1. The van der Waals surface area contributed by atoms with Crippen molar-refractivity contribution in [3.05, 3.63) is 33.8 Å². The molecule has 0 radical (unpaired) electrons. The van der Waals surface area contributed by atoms with Gasteiger partial charge in [0.2, 0.25) is 0 Å². The number of rotatable bonds is 2. The minimum Gasteiger partial charge on any atom is -0.375 e. The van der Waals surface area contributed by atoms with E-state index in [9.17, 15) is 4.79 Å². The molecule has 0 aromatic heterocycles. The molecule has 4 heteroatoms. The van der Waals surface area contributed by atoms with E-state index < -0.39 is 0 Å². The highest BCUT2D eigenvalue weighted by Crippen LogP contribution is 2.42. The third-order valence-electron chi connectivity index (χ3n) is 4.82. The lowest BCUT2D eigenvalue weighted by Gasteiger charge is -2.43. The second-order valence-corrected chi connectivity index (χ2v) is 7.11. The highest BCUT2D eigenvalue weighted by Gasteiger charge is 2.41. The number of carbonyl (C=O) groups excluding carboxylic acids is 1. The van der Waals surface area contributed by atoms with Gasteiger partial charge in [0.15, 0.2) is 5.78 Å². The molecule has 1 heterocycles. The zero-order valence-electron chi connectivity index (χ0n) is 12.0. The van der Waals surface area contributed by atoms with Gasteiger partial charge in [0.25, 0.3) is 0 Å². The standard InChI is InChI=1S/C17H20Cl2O2/c18-13-4-5-15(19)14(10-13)16(20)12-6-9-21-17(11-12)7-2-1-3-8-17/h4-5,10,12H,1-3,6-9,11H2. The Morgan fingerprint density at radius 3 is 2.71 bits per heavy atom. The molecule has 0 amide bonds. The number of benzene rings is 1. The van der Waals surface area contributed by atoms with E-state index in [1.165, 1.54) is 19.3 Å². The third kappa shape index (κ3) is 3.28. The summed E-state index contributed by atoms with van der Waals surface area (Å²) >= 11 is 12.2. The zero-order valence-corrected chi connectivity index (χ0v) is 13.6. The van der Waals surface area contributed by atoms with E-state index in [4.69, 9.17) is 27.9 Å². The van der Waals surface area contributed by atoms with Crippen LogP contribution in [0.3, 0.4) is 0 Å². The van der Waals surface area contributed by atoms with Crippen molar-refractivity contribution in [2.75, 3.05) is 6.61 Å². The van der Waals surface area contributed by atoms with Gasteiger partial charge < -0.3 is 4.74 Å². The Morgan fingerprint density at radius 2 is 1.95 bits per heavy atom. The summed E-state index contributed by atoms with van der Waals surface area (Å²) in [6, 6.07) is 5.11. The number of ketones is 1. The maximum Gasteiger partial charge on any atom is 0.167 e. The Kier molecular flexibility index (Phi) is 4.58. The topological polar surface area (TPSA) is 26.3 Å². The average Bonchev–Trinajstić information content (AvgIpc) is 2.50. The Morgan fingerprint density at radius 1 is 1.19 bits per heavy atom. The Bertz CT molecular complexity index is 530. The molecule has 2 fully saturated rings. The minimum atomic E-state index is -0.0676. The number of carbonyl (C=O) groups is 1. The SMILES string of the molecule is O=C(c1cc(Cl)ccc1Cl)C1CCOC2(CCCCC2)C1. The van der Waals surface area contributed by atoms with E-state index >= 15 is 0 Å². The van der Waals surface area contributed by atoms with Crippen molar-refractivity contribution >= 4 is 29.0 Å². The summed E-state index contributed by atoms with van der Waals surface area (Å²) in [7, 11) is 0. The number of hydrogen-bond donors (Lipinski definition) is 0. The van der Waals surface area contributed by atoms with Gasteiger partial charge in [0.05, 0.1) is 10.6 Å². The molecule has 0 N–H and O–H groups in total. The predicted molar refractivity (Wildman–Crippen MR) is 85.3 cm³/mol. The number of hydrogen-bond acceptors (Lipinski definition) is 2. The molecule has 1 aromatic rings. The molecule has 1 saturated heterocycles. The van der Waals surface area contributed by atoms with Gasteiger partial charge in [-0.2, -0.15) is 0 Å². The zero-order chi connectivity index (χ0) is 14.9. The molecule has 1 unspecified atom stereocenters. The van der Waals surface area contributed by atoms with Gasteiger partial charge in [0.1, 0.15) is 0 Å². The quantitative estimate of drug-likeness (QED) is 0.689. The Labute approximate surface area is 135 Å². The summed E-state index contributed by atoms with van der Waals surface area (Å²) in [5.41, 5.74) is 0.490. The van der Waals surface area contributed by atoms with Gasteiger partial charge in [-0.3, -0.25) is 4.79 Å². The van der Waals surface area contributed by atoms with Crippen LogP contribution < -0.4 is 0 Å². The van der Waals surface area contributed by atoms with Crippen LogP contribution >= 0.6 is 23.2 Å². The van der Waals surface area contributed by atoms with Crippen LogP contribution in [0.2, 0.25) is 10.0 Å². The summed E-state index contributed by atoms with van der Waals surface area (Å²) in [6.45, 7) is 0.675. The van der Waals surface area contributed by atoms with Gasteiger partial charge in [-0.15, -0.1) is 0 Å². The smallest absolute Gasteiger partial charge is 0.167 e. The molecular formula is C17H20Cl2O2. The molecule has 1 atom stereocenters. The number of halogens is 2. The first-order valence-corrected chi connectivity index (χ1v) is 8.48. The first-order valence-electron chi connectivity index (χ1n) is 7.73. The van der Waals surface area contributed by atoms with Crippen LogP contribution in [0, 0.1) is 5.92 Å². The van der Waals surface area contributed by atoms with Crippen LogP contribution in [0.4, 0.5) is 0 Å². The fourth-order valence-corrected chi connectivity index (χ4v) is 4.09. The summed E-state index contributed by atoms with van der Waals surface area (Å²) in [5.74, 6) is 0.128. The van der Waals surface area contributed by atoms with E-state index in [1.54, 1.807) is 18.2 Å². The van der Waals surface area contributed by atoms with E-state index in [0.29, 0.717) is 22.2 Å². The largest absolute Gasteiger partial charge is 0.375 e. The predicted octanol–water partition coefficient (Wildman–Crippen LogP) is 5.31. The van der Waals surface area contributed by atoms with Crippen molar-refractivity contribution in [3.63, 3.8) is 0 Å². The van der Waals surface area contributed by atoms with Crippen LogP contribution in [-0.4, -0.2) is 18.0 Å². The number of ether oxygens (including phenoxy) is 1. The van der Waals surface area contributed by atoms with Crippen molar-refractivity contribution in [3.8, 4) is 0 Å². The Balaban J connectivity index is 1.79. The van der Waals surface area contributed by atoms with Crippen molar-refractivity contribution in [1.82, 2.24) is 0 Å². The normalized spacial score (nSPS) is 25.0. The molecule has 1 aromatic carbocycles. The lowest BCUT2D eigenvalue weighted by Crippen LogP contribution is -2.43. The Hall–Kier alpha value is -0.570. The minimum absolute atomic E-state index is 0.00724. The molecule has 0 bridgehead atoms. The first kappa shape index (κ1) is 15.3. The summed E-state index contributed by atoms with van der Waals surface area (Å²) in [5, 5.41) is 1.05. The molecule has 114 valence electrons. The van der Waals surface area contributed by atoms with Crippen LogP contribution in [0.25, 0.3) is 0 Å². The van der Waals surface area contributed by atoms with Crippen molar-refractivity contribution in [2.24, 2.45) is 5.92 Å². The molecule has 1 aliphatic heterocycles. The van der Waals surface area contributed by atoms with E-state index in [-0.39, 0.29) is 17.3 Å².